The number of ether oxygens (including phenoxy) is 1. The first-order chi connectivity index (χ1) is 5.36. The van der Waals surface area contributed by atoms with E-state index in [0.29, 0.717) is 0 Å². The molecule has 0 bridgehead atoms. The Morgan fingerprint density at radius 1 is 1.27 bits per heavy atom. The van der Waals surface area contributed by atoms with Crippen LogP contribution in [0.5, 0.6) is 0 Å². The molecule has 0 radical (unpaired) electrons. The van der Waals surface area contributed by atoms with Gasteiger partial charge in [0.25, 0.3) is 0 Å². The van der Waals surface area contributed by atoms with Gasteiger partial charge in [0.05, 0.1) is 13.2 Å². The van der Waals surface area contributed by atoms with Crippen LogP contribution in [0.3, 0.4) is 0 Å². The summed E-state index contributed by atoms with van der Waals surface area (Å²) in [5.41, 5.74) is 2.62. The summed E-state index contributed by atoms with van der Waals surface area (Å²) in [7, 11) is 0. The summed E-state index contributed by atoms with van der Waals surface area (Å²) in [5, 5.41) is 0.800. The molecule has 0 unspecified atom stereocenters. The van der Waals surface area contributed by atoms with Gasteiger partial charge in [0, 0.05) is 5.02 Å². The smallest absolute Gasteiger partial charge is 0.0720 e. The molecular formula is C9H9ClO. The molecule has 0 spiro atoms. The Morgan fingerprint density at radius 3 is 3.09 bits per heavy atom. The predicted molar refractivity (Wildman–Crippen MR) is 44.8 cm³/mol. The van der Waals surface area contributed by atoms with Crippen molar-refractivity contribution in [3.05, 3.63) is 34.3 Å². The van der Waals surface area contributed by atoms with Gasteiger partial charge in [-0.3, -0.25) is 0 Å². The summed E-state index contributed by atoms with van der Waals surface area (Å²) in [6.07, 6.45) is 1.02. The molecule has 1 nitrogen and oxygen atoms in total. The molecule has 58 valence electrons. The lowest BCUT2D eigenvalue weighted by atomic mass is 10.0. The lowest BCUT2D eigenvalue weighted by Crippen LogP contribution is -2.09. The third-order valence-electron chi connectivity index (χ3n) is 1.94. The first kappa shape index (κ1) is 7.14. The lowest BCUT2D eigenvalue weighted by molar-refractivity contribution is 0.111. The van der Waals surface area contributed by atoms with E-state index < -0.39 is 0 Å². The SMILES string of the molecule is Clc1ccc2c(c1)COCC2. The largest absolute Gasteiger partial charge is 0.376 e. The Bertz CT molecular complexity index is 270. The molecule has 11 heavy (non-hydrogen) atoms. The van der Waals surface area contributed by atoms with E-state index in [4.69, 9.17) is 16.3 Å². The molecule has 1 aliphatic heterocycles. The second-order valence-corrected chi connectivity index (χ2v) is 3.15. The zero-order valence-corrected chi connectivity index (χ0v) is 6.90. The molecule has 0 fully saturated rings. The van der Waals surface area contributed by atoms with Crippen molar-refractivity contribution in [1.29, 1.82) is 0 Å². The maximum Gasteiger partial charge on any atom is 0.0720 e. The number of rotatable bonds is 0. The van der Waals surface area contributed by atoms with Gasteiger partial charge in [-0.15, -0.1) is 0 Å². The number of fused-ring (bicyclic) bond motifs is 1. The van der Waals surface area contributed by atoms with Gasteiger partial charge < -0.3 is 4.74 Å². The Balaban J connectivity index is 2.43. The van der Waals surface area contributed by atoms with Crippen LogP contribution in [-0.2, 0) is 17.8 Å². The number of hydrogen-bond acceptors (Lipinski definition) is 1. The van der Waals surface area contributed by atoms with Crippen molar-refractivity contribution in [2.24, 2.45) is 0 Å². The second-order valence-electron chi connectivity index (χ2n) is 2.72. The van der Waals surface area contributed by atoms with Crippen molar-refractivity contribution in [2.45, 2.75) is 13.0 Å². The highest BCUT2D eigenvalue weighted by Crippen LogP contribution is 2.20. The monoisotopic (exact) mass is 168 g/mol. The van der Waals surface area contributed by atoms with E-state index in [-0.39, 0.29) is 0 Å². The summed E-state index contributed by atoms with van der Waals surface area (Å²) in [6.45, 7) is 1.56. The maximum absolute atomic E-state index is 5.82. The van der Waals surface area contributed by atoms with Gasteiger partial charge in [0.1, 0.15) is 0 Å². The van der Waals surface area contributed by atoms with Gasteiger partial charge in [-0.1, -0.05) is 17.7 Å². The Labute approximate surface area is 70.9 Å². The van der Waals surface area contributed by atoms with Crippen LogP contribution in [0.1, 0.15) is 11.1 Å². The standard InChI is InChI=1S/C9H9ClO/c10-9-2-1-7-3-4-11-6-8(7)5-9/h1-2,5H,3-4,6H2. The topological polar surface area (TPSA) is 9.23 Å². The highest BCUT2D eigenvalue weighted by Gasteiger charge is 2.08. The molecule has 2 heteroatoms. The van der Waals surface area contributed by atoms with Crippen molar-refractivity contribution >= 4 is 11.6 Å². The van der Waals surface area contributed by atoms with Crippen LogP contribution in [0.2, 0.25) is 5.02 Å². The van der Waals surface area contributed by atoms with Gasteiger partial charge in [-0.05, 0) is 29.7 Å². The zero-order valence-electron chi connectivity index (χ0n) is 6.14. The second kappa shape index (κ2) is 2.84. The summed E-state index contributed by atoms with van der Waals surface area (Å²) >= 11 is 5.82. The average molecular weight is 169 g/mol. The Morgan fingerprint density at radius 2 is 2.18 bits per heavy atom. The molecular weight excluding hydrogens is 160 g/mol. The van der Waals surface area contributed by atoms with Crippen LogP contribution in [0.15, 0.2) is 18.2 Å². The van der Waals surface area contributed by atoms with E-state index in [9.17, 15) is 0 Å². The minimum Gasteiger partial charge on any atom is -0.376 e. The van der Waals surface area contributed by atoms with Crippen molar-refractivity contribution in [2.75, 3.05) is 6.61 Å². The van der Waals surface area contributed by atoms with Crippen molar-refractivity contribution in [3.8, 4) is 0 Å². The summed E-state index contributed by atoms with van der Waals surface area (Å²) in [6, 6.07) is 6.00. The summed E-state index contributed by atoms with van der Waals surface area (Å²) < 4.78 is 5.29. The molecule has 1 aliphatic rings. The van der Waals surface area contributed by atoms with Gasteiger partial charge in [0.15, 0.2) is 0 Å². The molecule has 0 saturated carbocycles. The molecule has 0 aromatic heterocycles. The van der Waals surface area contributed by atoms with E-state index in [1.165, 1.54) is 11.1 Å². The van der Waals surface area contributed by atoms with Crippen LogP contribution in [0.25, 0.3) is 0 Å². The molecule has 2 rings (SSSR count). The number of halogens is 1. The normalized spacial score (nSPS) is 16.1. The molecule has 1 aromatic carbocycles. The van der Waals surface area contributed by atoms with E-state index >= 15 is 0 Å². The zero-order chi connectivity index (χ0) is 7.68. The van der Waals surface area contributed by atoms with E-state index in [0.717, 1.165) is 24.7 Å². The highest BCUT2D eigenvalue weighted by atomic mass is 35.5. The third-order valence-corrected chi connectivity index (χ3v) is 2.18. The third kappa shape index (κ3) is 1.39. The molecule has 1 aromatic rings. The number of hydrogen-bond donors (Lipinski definition) is 0. The minimum atomic E-state index is 0.718. The van der Waals surface area contributed by atoms with E-state index in [2.05, 4.69) is 6.07 Å². The lowest BCUT2D eigenvalue weighted by Gasteiger charge is -2.15. The van der Waals surface area contributed by atoms with Crippen LogP contribution in [0.4, 0.5) is 0 Å². The fourth-order valence-electron chi connectivity index (χ4n) is 1.34. The molecule has 0 aliphatic carbocycles. The van der Waals surface area contributed by atoms with E-state index in [1.807, 2.05) is 12.1 Å². The predicted octanol–water partition coefficient (Wildman–Crippen LogP) is 2.41. The van der Waals surface area contributed by atoms with Gasteiger partial charge in [-0.2, -0.15) is 0 Å². The summed E-state index contributed by atoms with van der Waals surface area (Å²) in [5.74, 6) is 0. The first-order valence-corrected chi connectivity index (χ1v) is 4.09. The molecule has 0 saturated heterocycles. The molecule has 0 atom stereocenters. The van der Waals surface area contributed by atoms with E-state index in [1.54, 1.807) is 0 Å². The summed E-state index contributed by atoms with van der Waals surface area (Å²) in [4.78, 5) is 0. The quantitative estimate of drug-likeness (QED) is 0.578. The first-order valence-electron chi connectivity index (χ1n) is 3.71. The van der Waals surface area contributed by atoms with Crippen LogP contribution in [-0.4, -0.2) is 6.61 Å². The molecule has 0 amide bonds. The van der Waals surface area contributed by atoms with Gasteiger partial charge in [-0.25, -0.2) is 0 Å². The minimum absolute atomic E-state index is 0.718. The maximum atomic E-state index is 5.82. The van der Waals surface area contributed by atoms with Gasteiger partial charge >= 0.3 is 0 Å². The highest BCUT2D eigenvalue weighted by molar-refractivity contribution is 6.30. The van der Waals surface area contributed by atoms with Crippen LogP contribution < -0.4 is 0 Å². The fourth-order valence-corrected chi connectivity index (χ4v) is 1.53. The molecule has 0 N–H and O–H groups in total. The Hall–Kier alpha value is -0.530. The molecule has 1 heterocycles. The average Bonchev–Trinajstić information content (AvgIpc) is 2.04. The van der Waals surface area contributed by atoms with Crippen LogP contribution in [0, 0.1) is 0 Å². The van der Waals surface area contributed by atoms with Crippen LogP contribution >= 0.6 is 11.6 Å². The van der Waals surface area contributed by atoms with Crippen molar-refractivity contribution in [1.82, 2.24) is 0 Å². The fraction of sp³-hybridized carbons (Fsp3) is 0.333. The number of benzene rings is 1. The van der Waals surface area contributed by atoms with Gasteiger partial charge in [0.2, 0.25) is 0 Å². The van der Waals surface area contributed by atoms with Crippen molar-refractivity contribution < 1.29 is 4.74 Å². The Kier molecular flexibility index (Phi) is 1.84. The van der Waals surface area contributed by atoms with Crippen molar-refractivity contribution in [3.63, 3.8) is 0 Å².